The monoisotopic (exact) mass is 315 g/mol. The van der Waals surface area contributed by atoms with Crippen LogP contribution in [0.4, 0.5) is 0 Å². The minimum atomic E-state index is -0.0988. The van der Waals surface area contributed by atoms with Gasteiger partial charge in [-0.2, -0.15) is 0 Å². The molecule has 4 heteroatoms. The summed E-state index contributed by atoms with van der Waals surface area (Å²) in [6, 6.07) is 16.6. The number of nitrogens with one attached hydrogen (secondary N) is 1. The largest absolute Gasteiger partial charge is 0.356 e. The molecule has 2 aromatic carbocycles. The average molecular weight is 316 g/mol. The summed E-state index contributed by atoms with van der Waals surface area (Å²) in [5.41, 5.74) is 1.77. The molecule has 0 saturated heterocycles. The van der Waals surface area contributed by atoms with Crippen LogP contribution in [0, 0.1) is 0 Å². The van der Waals surface area contributed by atoms with Gasteiger partial charge in [-0.15, -0.1) is 0 Å². The molecule has 0 aliphatic rings. The Labute approximate surface area is 135 Å². The van der Waals surface area contributed by atoms with Crippen molar-refractivity contribution < 1.29 is 9.59 Å². The topological polar surface area (TPSA) is 46.2 Å². The quantitative estimate of drug-likeness (QED) is 0.793. The highest BCUT2D eigenvalue weighted by molar-refractivity contribution is 6.30. The van der Waals surface area contributed by atoms with Crippen LogP contribution in [0.3, 0.4) is 0 Å². The summed E-state index contributed by atoms with van der Waals surface area (Å²) < 4.78 is 0. The summed E-state index contributed by atoms with van der Waals surface area (Å²) in [6.45, 7) is 0.556. The van der Waals surface area contributed by atoms with Gasteiger partial charge in [-0.1, -0.05) is 54.1 Å². The molecule has 3 nitrogen and oxygen atoms in total. The number of hydrogen-bond donors (Lipinski definition) is 1. The minimum Gasteiger partial charge on any atom is -0.356 e. The molecule has 0 aliphatic heterocycles. The van der Waals surface area contributed by atoms with Crippen LogP contribution in [0.2, 0.25) is 5.02 Å². The number of rotatable bonds is 7. The fraction of sp³-hybridized carbons (Fsp3) is 0.222. The van der Waals surface area contributed by atoms with E-state index in [-0.39, 0.29) is 24.5 Å². The van der Waals surface area contributed by atoms with Gasteiger partial charge < -0.3 is 5.32 Å². The summed E-state index contributed by atoms with van der Waals surface area (Å²) in [7, 11) is 0. The van der Waals surface area contributed by atoms with Crippen LogP contribution in [0.15, 0.2) is 54.6 Å². The Morgan fingerprint density at radius 2 is 1.59 bits per heavy atom. The average Bonchev–Trinajstić information content (AvgIpc) is 2.55. The number of carbonyl (C=O) groups excluding carboxylic acids is 2. The van der Waals surface area contributed by atoms with Gasteiger partial charge in [0.1, 0.15) is 0 Å². The SMILES string of the molecule is O=C(CCC(=O)c1ccccc1)NCCc1ccc(Cl)cc1. The van der Waals surface area contributed by atoms with Gasteiger partial charge in [0.2, 0.25) is 5.91 Å². The maximum atomic E-state index is 11.9. The Kier molecular flexibility index (Phi) is 6.16. The number of Topliss-reactive ketones (excluding diaryl/α,β-unsaturated/α-hetero) is 1. The predicted molar refractivity (Wildman–Crippen MR) is 88.2 cm³/mol. The first-order valence-corrected chi connectivity index (χ1v) is 7.62. The van der Waals surface area contributed by atoms with Crippen LogP contribution in [0.25, 0.3) is 0 Å². The van der Waals surface area contributed by atoms with Gasteiger partial charge in [-0.25, -0.2) is 0 Å². The lowest BCUT2D eigenvalue weighted by atomic mass is 10.1. The molecule has 0 bridgehead atoms. The van der Waals surface area contributed by atoms with Gasteiger partial charge in [0, 0.05) is 30.0 Å². The second kappa shape index (κ2) is 8.35. The normalized spacial score (nSPS) is 10.2. The number of ketones is 1. The van der Waals surface area contributed by atoms with E-state index in [1.54, 1.807) is 12.1 Å². The van der Waals surface area contributed by atoms with Crippen molar-refractivity contribution >= 4 is 23.3 Å². The van der Waals surface area contributed by atoms with Crippen molar-refractivity contribution in [1.82, 2.24) is 5.32 Å². The molecule has 0 heterocycles. The smallest absolute Gasteiger partial charge is 0.220 e. The number of benzene rings is 2. The Balaban J connectivity index is 1.68. The van der Waals surface area contributed by atoms with Crippen LogP contribution in [-0.4, -0.2) is 18.2 Å². The second-order valence-electron chi connectivity index (χ2n) is 5.02. The molecule has 0 fully saturated rings. The van der Waals surface area contributed by atoms with Crippen molar-refractivity contribution in [1.29, 1.82) is 0 Å². The molecule has 0 aromatic heterocycles. The molecule has 114 valence electrons. The minimum absolute atomic E-state index is 0.00606. The third-order valence-corrected chi connectivity index (χ3v) is 3.58. The standard InChI is InChI=1S/C18H18ClNO2/c19-16-8-6-14(7-9-16)12-13-20-18(22)11-10-17(21)15-4-2-1-3-5-15/h1-9H,10-13H2,(H,20,22). The lowest BCUT2D eigenvalue weighted by Gasteiger charge is -2.05. The fourth-order valence-electron chi connectivity index (χ4n) is 2.08. The first kappa shape index (κ1) is 16.2. The summed E-state index contributed by atoms with van der Waals surface area (Å²) in [5, 5.41) is 3.53. The molecular weight excluding hydrogens is 298 g/mol. The van der Waals surface area contributed by atoms with Crippen LogP contribution in [0.1, 0.15) is 28.8 Å². The van der Waals surface area contributed by atoms with Crippen molar-refractivity contribution in [3.8, 4) is 0 Å². The van der Waals surface area contributed by atoms with Crippen molar-refractivity contribution in [2.75, 3.05) is 6.54 Å². The van der Waals surface area contributed by atoms with Crippen LogP contribution in [0.5, 0.6) is 0 Å². The molecule has 1 N–H and O–H groups in total. The Morgan fingerprint density at radius 3 is 2.27 bits per heavy atom. The summed E-state index contributed by atoms with van der Waals surface area (Å²) in [4.78, 5) is 23.6. The first-order valence-electron chi connectivity index (χ1n) is 7.24. The highest BCUT2D eigenvalue weighted by atomic mass is 35.5. The molecule has 0 atom stereocenters. The fourth-order valence-corrected chi connectivity index (χ4v) is 2.21. The second-order valence-corrected chi connectivity index (χ2v) is 5.45. The lowest BCUT2D eigenvalue weighted by Crippen LogP contribution is -2.26. The number of halogens is 1. The first-order chi connectivity index (χ1) is 10.6. The zero-order chi connectivity index (χ0) is 15.8. The van der Waals surface area contributed by atoms with Crippen molar-refractivity contribution in [2.24, 2.45) is 0 Å². The van der Waals surface area contributed by atoms with E-state index in [0.29, 0.717) is 17.1 Å². The van der Waals surface area contributed by atoms with E-state index in [1.165, 1.54) is 0 Å². The number of amides is 1. The van der Waals surface area contributed by atoms with Gasteiger partial charge in [0.25, 0.3) is 0 Å². The van der Waals surface area contributed by atoms with E-state index in [0.717, 1.165) is 12.0 Å². The molecule has 0 saturated carbocycles. The number of carbonyl (C=O) groups is 2. The van der Waals surface area contributed by atoms with E-state index in [1.807, 2.05) is 42.5 Å². The summed E-state index contributed by atoms with van der Waals surface area (Å²) in [6.07, 6.45) is 1.20. The molecule has 0 aliphatic carbocycles. The van der Waals surface area contributed by atoms with E-state index in [9.17, 15) is 9.59 Å². The Bertz CT molecular complexity index is 623. The maximum absolute atomic E-state index is 11.9. The van der Waals surface area contributed by atoms with E-state index in [4.69, 9.17) is 11.6 Å². The third kappa shape index (κ3) is 5.34. The van der Waals surface area contributed by atoms with Gasteiger partial charge in [0.15, 0.2) is 5.78 Å². The molecule has 1 amide bonds. The van der Waals surface area contributed by atoms with Gasteiger partial charge >= 0.3 is 0 Å². The zero-order valence-corrected chi connectivity index (χ0v) is 13.0. The zero-order valence-electron chi connectivity index (χ0n) is 12.2. The van der Waals surface area contributed by atoms with E-state index >= 15 is 0 Å². The molecular formula is C18H18ClNO2. The molecule has 0 spiro atoms. The van der Waals surface area contributed by atoms with Crippen LogP contribution in [-0.2, 0) is 11.2 Å². The van der Waals surface area contributed by atoms with Gasteiger partial charge in [-0.3, -0.25) is 9.59 Å². The highest BCUT2D eigenvalue weighted by Gasteiger charge is 2.08. The van der Waals surface area contributed by atoms with Crippen molar-refractivity contribution in [2.45, 2.75) is 19.3 Å². The summed E-state index contributed by atoms with van der Waals surface area (Å²) in [5.74, 6) is -0.105. The Morgan fingerprint density at radius 1 is 0.909 bits per heavy atom. The predicted octanol–water partition coefficient (Wildman–Crippen LogP) is 3.66. The van der Waals surface area contributed by atoms with Gasteiger partial charge in [0.05, 0.1) is 0 Å². The molecule has 2 rings (SSSR count). The summed E-state index contributed by atoms with van der Waals surface area (Å²) >= 11 is 5.82. The molecule has 2 aromatic rings. The van der Waals surface area contributed by atoms with Crippen molar-refractivity contribution in [3.05, 3.63) is 70.7 Å². The molecule has 22 heavy (non-hydrogen) atoms. The van der Waals surface area contributed by atoms with E-state index in [2.05, 4.69) is 5.32 Å². The highest BCUT2D eigenvalue weighted by Crippen LogP contribution is 2.09. The van der Waals surface area contributed by atoms with Gasteiger partial charge in [-0.05, 0) is 24.1 Å². The van der Waals surface area contributed by atoms with Crippen LogP contribution < -0.4 is 5.32 Å². The lowest BCUT2D eigenvalue weighted by molar-refractivity contribution is -0.121. The van der Waals surface area contributed by atoms with Crippen molar-refractivity contribution in [3.63, 3.8) is 0 Å². The van der Waals surface area contributed by atoms with E-state index < -0.39 is 0 Å². The molecule has 0 unspecified atom stereocenters. The number of hydrogen-bond acceptors (Lipinski definition) is 2. The maximum Gasteiger partial charge on any atom is 0.220 e. The van der Waals surface area contributed by atoms with Crippen LogP contribution >= 0.6 is 11.6 Å². The molecule has 0 radical (unpaired) electrons. The third-order valence-electron chi connectivity index (χ3n) is 3.32. The Hall–Kier alpha value is -2.13.